The maximum absolute atomic E-state index is 12.7. The van der Waals surface area contributed by atoms with Gasteiger partial charge in [0.2, 0.25) is 0 Å². The molecule has 0 aromatic rings. The second-order valence-electron chi connectivity index (χ2n) is 5.61. The van der Waals surface area contributed by atoms with Crippen LogP contribution >= 0.6 is 0 Å². The summed E-state index contributed by atoms with van der Waals surface area (Å²) >= 11 is 0. The molecule has 18 heavy (non-hydrogen) atoms. The number of carbonyl (C=O) groups is 1. The first-order valence-electron chi connectivity index (χ1n) is 6.28. The van der Waals surface area contributed by atoms with Gasteiger partial charge >= 0.3 is 12.1 Å². The molecule has 0 aromatic carbocycles. The summed E-state index contributed by atoms with van der Waals surface area (Å²) in [5.41, 5.74) is -0.757. The lowest BCUT2D eigenvalue weighted by atomic mass is 9.88. The molecule has 0 fully saturated rings. The fourth-order valence-electron chi connectivity index (χ4n) is 1.60. The van der Waals surface area contributed by atoms with Crippen molar-refractivity contribution in [2.75, 3.05) is 0 Å². The minimum absolute atomic E-state index is 0.214. The van der Waals surface area contributed by atoms with Gasteiger partial charge in [0.15, 0.2) is 0 Å². The third-order valence-corrected chi connectivity index (χ3v) is 2.70. The molecule has 2 atom stereocenters. The van der Waals surface area contributed by atoms with Crippen molar-refractivity contribution in [3.63, 3.8) is 0 Å². The molecule has 0 radical (unpaired) electrons. The van der Waals surface area contributed by atoms with E-state index >= 15 is 0 Å². The van der Waals surface area contributed by atoms with Gasteiger partial charge in [-0.3, -0.25) is 4.79 Å². The van der Waals surface area contributed by atoms with Crippen molar-refractivity contribution in [2.45, 2.75) is 65.7 Å². The Morgan fingerprint density at radius 3 is 2.06 bits per heavy atom. The fraction of sp³-hybridized carbons (Fsp3) is 0.923. The molecule has 0 aliphatic carbocycles. The van der Waals surface area contributed by atoms with E-state index in [2.05, 4.69) is 0 Å². The highest BCUT2D eigenvalue weighted by atomic mass is 19.4. The maximum atomic E-state index is 12.7. The Balaban J connectivity index is 4.83. The normalized spacial score (nSPS) is 16.2. The Labute approximate surface area is 107 Å². The van der Waals surface area contributed by atoms with Crippen molar-refractivity contribution in [1.29, 1.82) is 0 Å². The molecule has 0 heterocycles. The lowest BCUT2D eigenvalue weighted by molar-refractivity contribution is -0.199. The zero-order valence-corrected chi connectivity index (χ0v) is 11.7. The number of halogens is 3. The van der Waals surface area contributed by atoms with Gasteiger partial charge in [-0.2, -0.15) is 13.2 Å². The number of carbonyl (C=O) groups excluding carboxylic acids is 1. The van der Waals surface area contributed by atoms with Crippen molar-refractivity contribution in [2.24, 2.45) is 11.8 Å². The summed E-state index contributed by atoms with van der Waals surface area (Å²) < 4.78 is 43.2. The van der Waals surface area contributed by atoms with Crippen LogP contribution in [0.5, 0.6) is 0 Å². The van der Waals surface area contributed by atoms with Crippen LogP contribution in [0.25, 0.3) is 0 Å². The molecular weight excluding hydrogens is 245 g/mol. The number of alkyl halides is 3. The van der Waals surface area contributed by atoms with Crippen LogP contribution in [0, 0.1) is 11.8 Å². The van der Waals surface area contributed by atoms with E-state index in [-0.39, 0.29) is 6.42 Å². The average Bonchev–Trinajstić information content (AvgIpc) is 2.13. The third kappa shape index (κ3) is 6.26. The molecular formula is C13H23F3O2. The highest BCUT2D eigenvalue weighted by Crippen LogP contribution is 2.35. The molecule has 0 N–H and O–H groups in total. The van der Waals surface area contributed by atoms with Gasteiger partial charge in [0, 0.05) is 0 Å². The molecule has 0 saturated carbocycles. The van der Waals surface area contributed by atoms with E-state index in [0.29, 0.717) is 6.42 Å². The minimum atomic E-state index is -4.37. The summed E-state index contributed by atoms with van der Waals surface area (Å²) in [6, 6.07) is 0. The van der Waals surface area contributed by atoms with Crippen LogP contribution in [0.15, 0.2) is 0 Å². The molecule has 5 heteroatoms. The number of unbranched alkanes of at least 4 members (excludes halogenated alkanes) is 1. The first-order valence-corrected chi connectivity index (χ1v) is 6.28. The quantitative estimate of drug-likeness (QED) is 0.693. The highest BCUT2D eigenvalue weighted by Gasteiger charge is 2.45. The smallest absolute Gasteiger partial charge is 0.392 e. The first kappa shape index (κ1) is 17.3. The van der Waals surface area contributed by atoms with Crippen LogP contribution in [0.3, 0.4) is 0 Å². The monoisotopic (exact) mass is 268 g/mol. The van der Waals surface area contributed by atoms with Gasteiger partial charge in [-0.25, -0.2) is 0 Å². The van der Waals surface area contributed by atoms with Gasteiger partial charge in [-0.15, -0.1) is 0 Å². The molecule has 2 nitrogen and oxygen atoms in total. The summed E-state index contributed by atoms with van der Waals surface area (Å²) in [5, 5.41) is 0. The highest BCUT2D eigenvalue weighted by molar-refractivity contribution is 5.73. The first-order chi connectivity index (χ1) is 7.99. The zero-order valence-electron chi connectivity index (χ0n) is 11.7. The molecule has 108 valence electrons. The van der Waals surface area contributed by atoms with Gasteiger partial charge in [-0.1, -0.05) is 26.7 Å². The maximum Gasteiger partial charge on any atom is 0.392 e. The predicted octanol–water partition coefficient (Wildman–Crippen LogP) is 4.33. The summed E-state index contributed by atoms with van der Waals surface area (Å²) in [6.45, 7) is 7.88. The summed E-state index contributed by atoms with van der Waals surface area (Å²) in [4.78, 5) is 11.8. The van der Waals surface area contributed by atoms with Gasteiger partial charge in [0.25, 0.3) is 0 Å². The van der Waals surface area contributed by atoms with Crippen LogP contribution in [0.2, 0.25) is 0 Å². The molecule has 2 unspecified atom stereocenters. The van der Waals surface area contributed by atoms with Crippen molar-refractivity contribution >= 4 is 5.97 Å². The Bertz CT molecular complexity index is 266. The van der Waals surface area contributed by atoms with Gasteiger partial charge in [0.05, 0.1) is 11.8 Å². The third-order valence-electron chi connectivity index (χ3n) is 2.70. The fourth-order valence-corrected chi connectivity index (χ4v) is 1.60. The Hall–Kier alpha value is -0.740. The molecule has 0 bridgehead atoms. The topological polar surface area (TPSA) is 26.3 Å². The number of hydrogen-bond acceptors (Lipinski definition) is 2. The number of esters is 1. The van der Waals surface area contributed by atoms with Gasteiger partial charge in [0.1, 0.15) is 5.60 Å². The van der Waals surface area contributed by atoms with E-state index in [9.17, 15) is 18.0 Å². The predicted molar refractivity (Wildman–Crippen MR) is 64.1 cm³/mol. The molecule has 0 amide bonds. The van der Waals surface area contributed by atoms with E-state index < -0.39 is 29.6 Å². The number of hydrogen-bond donors (Lipinski definition) is 0. The summed E-state index contributed by atoms with van der Waals surface area (Å²) in [7, 11) is 0. The molecule has 0 aliphatic heterocycles. The summed E-state index contributed by atoms with van der Waals surface area (Å²) in [5.74, 6) is -3.52. The number of rotatable bonds is 5. The summed E-state index contributed by atoms with van der Waals surface area (Å²) in [6.07, 6.45) is -2.81. The minimum Gasteiger partial charge on any atom is -0.460 e. The van der Waals surface area contributed by atoms with E-state index in [4.69, 9.17) is 4.74 Å². The SMILES string of the molecule is CCCCC(C(=O)OC(C)(C)C)C(C)C(F)(F)F. The lowest BCUT2D eigenvalue weighted by Gasteiger charge is -2.28. The lowest BCUT2D eigenvalue weighted by Crippen LogP contribution is -2.37. The largest absolute Gasteiger partial charge is 0.460 e. The van der Waals surface area contributed by atoms with Crippen LogP contribution < -0.4 is 0 Å². The van der Waals surface area contributed by atoms with E-state index in [1.807, 2.05) is 6.92 Å². The van der Waals surface area contributed by atoms with E-state index in [1.165, 1.54) is 0 Å². The molecule has 0 aromatic heterocycles. The second kappa shape index (κ2) is 6.43. The number of ether oxygens (including phenoxy) is 1. The van der Waals surface area contributed by atoms with Crippen molar-refractivity contribution in [3.05, 3.63) is 0 Å². The Morgan fingerprint density at radius 2 is 1.72 bits per heavy atom. The van der Waals surface area contributed by atoms with Gasteiger partial charge in [-0.05, 0) is 27.2 Å². The Morgan fingerprint density at radius 1 is 1.22 bits per heavy atom. The van der Waals surface area contributed by atoms with Crippen LogP contribution in [-0.4, -0.2) is 17.7 Å². The van der Waals surface area contributed by atoms with Crippen LogP contribution in [-0.2, 0) is 9.53 Å². The van der Waals surface area contributed by atoms with Crippen molar-refractivity contribution in [1.82, 2.24) is 0 Å². The molecule has 0 spiro atoms. The molecule has 0 aliphatic rings. The van der Waals surface area contributed by atoms with E-state index in [1.54, 1.807) is 20.8 Å². The van der Waals surface area contributed by atoms with Crippen molar-refractivity contribution in [3.8, 4) is 0 Å². The van der Waals surface area contributed by atoms with Crippen molar-refractivity contribution < 1.29 is 22.7 Å². The van der Waals surface area contributed by atoms with Crippen LogP contribution in [0.1, 0.15) is 53.9 Å². The van der Waals surface area contributed by atoms with Gasteiger partial charge < -0.3 is 4.74 Å². The average molecular weight is 268 g/mol. The molecule has 0 rings (SSSR count). The van der Waals surface area contributed by atoms with E-state index in [0.717, 1.165) is 13.3 Å². The standard InChI is InChI=1S/C13H23F3O2/c1-6-7-8-10(9(2)13(14,15)16)11(17)18-12(3,4)5/h9-10H,6-8H2,1-5H3. The zero-order chi connectivity index (χ0) is 14.6. The second-order valence-corrected chi connectivity index (χ2v) is 5.61. The molecule has 0 saturated heterocycles. The Kier molecular flexibility index (Phi) is 6.17. The van der Waals surface area contributed by atoms with Crippen LogP contribution in [0.4, 0.5) is 13.2 Å².